The number of benzene rings is 8. The van der Waals surface area contributed by atoms with Crippen LogP contribution in [0.15, 0.2) is 138 Å². The van der Waals surface area contributed by atoms with Crippen molar-refractivity contribution in [3.05, 3.63) is 145 Å². The summed E-state index contributed by atoms with van der Waals surface area (Å²) in [4.78, 5) is 3.78. The van der Waals surface area contributed by atoms with Crippen LogP contribution < -0.4 is 0 Å². The Hall–Kier alpha value is -5.94. The quantitative estimate of drug-likeness (QED) is 0.182. The fourth-order valence-electron chi connectivity index (χ4n) is 8.38. The number of hydrogen-bond acceptors (Lipinski definition) is 3. The van der Waals surface area contributed by atoms with E-state index in [-0.39, 0.29) is 0 Å². The van der Waals surface area contributed by atoms with Gasteiger partial charge in [0.15, 0.2) is 0 Å². The van der Waals surface area contributed by atoms with Gasteiger partial charge >= 0.3 is 0 Å². The molecule has 0 atom stereocenters. The number of thiophene rings is 2. The van der Waals surface area contributed by atoms with Crippen molar-refractivity contribution in [3.8, 4) is 0 Å². The summed E-state index contributed by atoms with van der Waals surface area (Å²) in [5.41, 5.74) is 6.66. The van der Waals surface area contributed by atoms with Crippen molar-refractivity contribution >= 4 is 140 Å². The van der Waals surface area contributed by atoms with Crippen molar-refractivity contribution in [2.24, 2.45) is 0 Å². The number of furan rings is 1. The van der Waals surface area contributed by atoms with Crippen LogP contribution in [-0.2, 0) is 0 Å². The molecule has 2 nitrogen and oxygen atoms in total. The summed E-state index contributed by atoms with van der Waals surface area (Å²) in [6.07, 6.45) is 4.72. The van der Waals surface area contributed by atoms with Gasteiger partial charge in [0.1, 0.15) is 11.2 Å². The summed E-state index contributed by atoms with van der Waals surface area (Å²) in [6, 6.07) is 48.6. The van der Waals surface area contributed by atoms with E-state index in [0.29, 0.717) is 0 Å². The number of nitrogens with one attached hydrogen (secondary N) is 1. The van der Waals surface area contributed by atoms with Crippen molar-refractivity contribution in [1.29, 1.82) is 0 Å². The zero-order valence-electron chi connectivity index (χ0n) is 26.6. The van der Waals surface area contributed by atoms with Gasteiger partial charge in [0.2, 0.25) is 0 Å². The van der Waals surface area contributed by atoms with E-state index in [4.69, 9.17) is 4.42 Å². The van der Waals surface area contributed by atoms with E-state index in [1.54, 1.807) is 0 Å². The van der Waals surface area contributed by atoms with Crippen LogP contribution in [0.3, 0.4) is 0 Å². The molecular weight excluding hydrogens is 647 g/mol. The van der Waals surface area contributed by atoms with E-state index in [1.165, 1.54) is 83.9 Å². The summed E-state index contributed by atoms with van der Waals surface area (Å²) in [6.45, 7) is 0. The van der Waals surface area contributed by atoms with Crippen LogP contribution >= 0.6 is 22.7 Å². The first-order chi connectivity index (χ1) is 24.8. The van der Waals surface area contributed by atoms with Gasteiger partial charge in [-0.1, -0.05) is 103 Å². The van der Waals surface area contributed by atoms with E-state index < -0.39 is 0 Å². The minimum Gasteiger partial charge on any atom is -0.455 e. The van der Waals surface area contributed by atoms with Crippen LogP contribution in [0.25, 0.3) is 118 Å². The highest BCUT2D eigenvalue weighted by atomic mass is 32.1. The molecule has 4 aromatic heterocycles. The molecule has 4 heteroatoms. The molecule has 1 N–H and O–H groups in total. The number of aromatic amines is 1. The molecule has 0 aliphatic heterocycles. The smallest absolute Gasteiger partial charge is 0.143 e. The molecule has 4 heterocycles. The predicted molar refractivity (Wildman–Crippen MR) is 219 cm³/mol. The monoisotopic (exact) mass is 671 g/mol. The lowest BCUT2D eigenvalue weighted by molar-refractivity contribution is 0.672. The Kier molecular flexibility index (Phi) is 5.29. The zero-order chi connectivity index (χ0) is 32.5. The Balaban J connectivity index is 1.22. The molecule has 8 aromatic carbocycles. The van der Waals surface area contributed by atoms with E-state index in [1.807, 2.05) is 22.7 Å². The minimum atomic E-state index is 0.921. The standard InChI is InChI=1S/C46H25NOS2/c1-5-13-37-27(9-1)35-23-25(41-33(43(35)47-37)21-19-31-29-11-3-7-15-39(29)49-45(31)41)17-18-26-24-36-28-10-2-6-14-38(28)48-44(36)34-22-20-32-30-12-4-8-16-40(30)50-46(32)42(26)34/h1-24,47H. The molecule has 0 fully saturated rings. The largest absolute Gasteiger partial charge is 0.455 e. The molecule has 12 aromatic rings. The van der Waals surface area contributed by atoms with Crippen molar-refractivity contribution < 1.29 is 4.42 Å². The molecule has 0 radical (unpaired) electrons. The number of fused-ring (bicyclic) bond motifs is 18. The maximum absolute atomic E-state index is 6.60. The van der Waals surface area contributed by atoms with Crippen LogP contribution in [-0.4, -0.2) is 4.98 Å². The molecule has 0 aliphatic rings. The average molecular weight is 672 g/mol. The van der Waals surface area contributed by atoms with Crippen molar-refractivity contribution in [2.45, 2.75) is 0 Å². The number of para-hydroxylation sites is 2. The average Bonchev–Trinajstić information content (AvgIpc) is 3.93. The Labute approximate surface area is 293 Å². The first kappa shape index (κ1) is 26.9. The Morgan fingerprint density at radius 1 is 0.440 bits per heavy atom. The molecule has 0 saturated carbocycles. The Bertz CT molecular complexity index is 3200. The summed E-state index contributed by atoms with van der Waals surface area (Å²) < 4.78 is 11.9. The van der Waals surface area contributed by atoms with E-state index >= 15 is 0 Å². The first-order valence-electron chi connectivity index (χ1n) is 16.9. The SMILES string of the molecule is C(=Cc1cc2c3ccccc3oc2c2ccc3c4ccccc4sc3c12)c1cc2c3ccccc3[nH]c2c2ccc3c4ccccc4sc3c12. The van der Waals surface area contributed by atoms with Gasteiger partial charge in [-0.2, -0.15) is 0 Å². The van der Waals surface area contributed by atoms with Crippen LogP contribution in [0.2, 0.25) is 0 Å². The fraction of sp³-hybridized carbons (Fsp3) is 0. The molecule has 0 unspecified atom stereocenters. The molecule has 0 amide bonds. The number of hydrogen-bond donors (Lipinski definition) is 1. The summed E-state index contributed by atoms with van der Waals surface area (Å²) in [5, 5.41) is 15.0. The molecule has 0 bridgehead atoms. The lowest BCUT2D eigenvalue weighted by atomic mass is 9.95. The normalized spacial score (nSPS) is 12.7. The number of rotatable bonds is 2. The molecule has 0 aliphatic carbocycles. The van der Waals surface area contributed by atoms with Crippen molar-refractivity contribution in [3.63, 3.8) is 0 Å². The molecule has 50 heavy (non-hydrogen) atoms. The van der Waals surface area contributed by atoms with Gasteiger partial charge in [0.05, 0.1) is 5.52 Å². The minimum absolute atomic E-state index is 0.921. The Morgan fingerprint density at radius 2 is 0.980 bits per heavy atom. The molecule has 232 valence electrons. The highest BCUT2D eigenvalue weighted by molar-refractivity contribution is 7.27. The molecule has 0 saturated heterocycles. The number of aromatic nitrogens is 1. The second-order valence-electron chi connectivity index (χ2n) is 13.3. The topological polar surface area (TPSA) is 28.9 Å². The number of H-pyrrole nitrogens is 1. The lowest BCUT2D eigenvalue weighted by Gasteiger charge is -2.09. The van der Waals surface area contributed by atoms with Gasteiger partial charge in [-0.05, 0) is 53.6 Å². The van der Waals surface area contributed by atoms with E-state index in [2.05, 4.69) is 151 Å². The van der Waals surface area contributed by atoms with Crippen LogP contribution in [0.4, 0.5) is 0 Å². The summed E-state index contributed by atoms with van der Waals surface area (Å²) in [5.74, 6) is 0. The van der Waals surface area contributed by atoms with Gasteiger partial charge in [-0.15, -0.1) is 22.7 Å². The van der Waals surface area contributed by atoms with Crippen molar-refractivity contribution in [1.82, 2.24) is 4.98 Å². The second kappa shape index (κ2) is 9.82. The van der Waals surface area contributed by atoms with Gasteiger partial charge in [-0.25, -0.2) is 0 Å². The molecular formula is C46H25NOS2. The Morgan fingerprint density at radius 3 is 1.70 bits per heavy atom. The van der Waals surface area contributed by atoms with Crippen LogP contribution in [0.1, 0.15) is 11.1 Å². The third kappa shape index (κ3) is 3.56. The van der Waals surface area contributed by atoms with Gasteiger partial charge in [-0.3, -0.25) is 0 Å². The molecule has 0 spiro atoms. The van der Waals surface area contributed by atoms with Gasteiger partial charge in [0, 0.05) is 89.0 Å². The third-order valence-corrected chi connectivity index (χ3v) is 13.0. The highest BCUT2D eigenvalue weighted by Gasteiger charge is 2.19. The van der Waals surface area contributed by atoms with Crippen LogP contribution in [0.5, 0.6) is 0 Å². The van der Waals surface area contributed by atoms with E-state index in [9.17, 15) is 0 Å². The van der Waals surface area contributed by atoms with Crippen LogP contribution in [0, 0.1) is 0 Å². The summed E-state index contributed by atoms with van der Waals surface area (Å²) in [7, 11) is 0. The maximum Gasteiger partial charge on any atom is 0.143 e. The predicted octanol–water partition coefficient (Wildman–Crippen LogP) is 14.4. The second-order valence-corrected chi connectivity index (χ2v) is 15.4. The first-order valence-corrected chi connectivity index (χ1v) is 18.6. The van der Waals surface area contributed by atoms with Crippen molar-refractivity contribution in [2.75, 3.05) is 0 Å². The van der Waals surface area contributed by atoms with Gasteiger partial charge in [0.25, 0.3) is 0 Å². The molecule has 12 rings (SSSR count). The maximum atomic E-state index is 6.60. The highest BCUT2D eigenvalue weighted by Crippen LogP contribution is 2.46. The van der Waals surface area contributed by atoms with E-state index in [0.717, 1.165) is 32.8 Å². The summed E-state index contributed by atoms with van der Waals surface area (Å²) >= 11 is 3.77. The zero-order valence-corrected chi connectivity index (χ0v) is 28.2. The third-order valence-electron chi connectivity index (χ3n) is 10.6. The van der Waals surface area contributed by atoms with Gasteiger partial charge < -0.3 is 9.40 Å². The lowest BCUT2D eigenvalue weighted by Crippen LogP contribution is -1.84. The fourth-order valence-corrected chi connectivity index (χ4v) is 10.9.